The van der Waals surface area contributed by atoms with E-state index in [1.54, 1.807) is 4.40 Å². The maximum absolute atomic E-state index is 14.1. The van der Waals surface area contributed by atoms with E-state index in [2.05, 4.69) is 24.3 Å². The number of aromatic nitrogens is 3. The Morgan fingerprint density at radius 3 is 1.51 bits per heavy atom. The van der Waals surface area contributed by atoms with Gasteiger partial charge >= 0.3 is 0 Å². The number of hydrogen-bond donors (Lipinski definition) is 0. The monoisotopic (exact) mass is 475 g/mol. The Hall–Kier alpha value is -5.09. The minimum absolute atomic E-state index is 0.129. The van der Waals surface area contributed by atoms with Crippen LogP contribution < -0.4 is 5.56 Å². The lowest BCUT2D eigenvalue weighted by Crippen LogP contribution is -2.19. The van der Waals surface area contributed by atoms with E-state index < -0.39 is 0 Å². The normalized spacial score (nSPS) is 11.4. The lowest BCUT2D eigenvalue weighted by Gasteiger charge is -2.13. The Morgan fingerprint density at radius 1 is 0.459 bits per heavy atom. The van der Waals surface area contributed by atoms with E-state index in [0.717, 1.165) is 38.7 Å². The lowest BCUT2D eigenvalue weighted by molar-refractivity contribution is 1.05. The highest BCUT2D eigenvalue weighted by atomic mass is 16.1. The molecule has 174 valence electrons. The van der Waals surface area contributed by atoms with Gasteiger partial charge in [0.2, 0.25) is 0 Å². The summed E-state index contributed by atoms with van der Waals surface area (Å²) in [5, 5.41) is 1.41. The van der Waals surface area contributed by atoms with Crippen molar-refractivity contribution < 1.29 is 0 Å². The van der Waals surface area contributed by atoms with Crippen LogP contribution in [0.5, 0.6) is 0 Å². The highest BCUT2D eigenvalue weighted by Gasteiger charge is 2.17. The van der Waals surface area contributed by atoms with Gasteiger partial charge in [-0.05, 0) is 46.5 Å². The quantitative estimate of drug-likeness (QED) is 0.198. The van der Waals surface area contributed by atoms with Crippen molar-refractivity contribution >= 4 is 27.5 Å². The summed E-state index contributed by atoms with van der Waals surface area (Å²) < 4.78 is 1.67. The first kappa shape index (κ1) is 21.2. The van der Waals surface area contributed by atoms with Crippen LogP contribution in [0.3, 0.4) is 0 Å². The van der Waals surface area contributed by atoms with Crippen LogP contribution in [-0.2, 0) is 0 Å². The summed E-state index contributed by atoms with van der Waals surface area (Å²) >= 11 is 0. The fourth-order valence-electron chi connectivity index (χ4n) is 4.94. The zero-order valence-corrected chi connectivity index (χ0v) is 19.9. The third-order valence-corrected chi connectivity index (χ3v) is 6.79. The largest absolute Gasteiger partial charge is 0.268 e. The fourth-order valence-corrected chi connectivity index (χ4v) is 4.94. The van der Waals surface area contributed by atoms with Crippen molar-refractivity contribution in [1.29, 1.82) is 0 Å². The maximum Gasteiger partial charge on any atom is 0.267 e. The number of rotatable bonds is 3. The molecule has 0 radical (unpaired) electrons. The van der Waals surface area contributed by atoms with E-state index in [9.17, 15) is 4.79 Å². The van der Waals surface area contributed by atoms with Crippen LogP contribution in [0.2, 0.25) is 0 Å². The second kappa shape index (κ2) is 8.54. The summed E-state index contributed by atoms with van der Waals surface area (Å²) in [5.74, 6) is 0.583. The molecule has 2 aromatic heterocycles. The maximum atomic E-state index is 14.1. The smallest absolute Gasteiger partial charge is 0.267 e. The predicted molar refractivity (Wildman–Crippen MR) is 151 cm³/mol. The molecule has 0 amide bonds. The van der Waals surface area contributed by atoms with Gasteiger partial charge in [0.25, 0.3) is 5.56 Å². The van der Waals surface area contributed by atoms with Crippen LogP contribution >= 0.6 is 0 Å². The molecule has 0 unspecified atom stereocenters. The molecule has 0 atom stereocenters. The molecule has 0 aliphatic carbocycles. The van der Waals surface area contributed by atoms with E-state index in [4.69, 9.17) is 9.97 Å². The van der Waals surface area contributed by atoms with Crippen LogP contribution in [0.1, 0.15) is 0 Å². The van der Waals surface area contributed by atoms with Crippen molar-refractivity contribution in [3.63, 3.8) is 0 Å². The van der Waals surface area contributed by atoms with Gasteiger partial charge in [0.1, 0.15) is 5.82 Å². The Labute approximate surface area is 213 Å². The van der Waals surface area contributed by atoms with E-state index in [1.165, 1.54) is 0 Å². The predicted octanol–water partition coefficient (Wildman–Crippen LogP) is 7.40. The molecule has 0 aliphatic rings. The third kappa shape index (κ3) is 3.58. The van der Waals surface area contributed by atoms with Gasteiger partial charge in [0.05, 0.1) is 16.4 Å². The first-order chi connectivity index (χ1) is 18.3. The van der Waals surface area contributed by atoms with Gasteiger partial charge in [0.15, 0.2) is 5.65 Å². The molecule has 0 aliphatic heterocycles. The minimum atomic E-state index is -0.129. The number of fused-ring (bicyclic) bond motifs is 4. The molecular weight excluding hydrogens is 454 g/mol. The molecule has 4 nitrogen and oxygen atoms in total. The molecular formula is C33H21N3O. The number of hydrogen-bond acceptors (Lipinski definition) is 3. The summed E-state index contributed by atoms with van der Waals surface area (Å²) in [6, 6.07) is 42.2. The zero-order valence-electron chi connectivity index (χ0n) is 19.9. The van der Waals surface area contributed by atoms with Crippen molar-refractivity contribution in [2.24, 2.45) is 0 Å². The first-order valence-corrected chi connectivity index (χ1v) is 12.2. The fraction of sp³-hybridized carbons (Fsp3) is 0. The molecule has 5 aromatic carbocycles. The van der Waals surface area contributed by atoms with Gasteiger partial charge in [-0.15, -0.1) is 0 Å². The summed E-state index contributed by atoms with van der Waals surface area (Å²) in [5.41, 5.74) is 7.00. The minimum Gasteiger partial charge on any atom is -0.268 e. The van der Waals surface area contributed by atoms with Crippen LogP contribution in [-0.4, -0.2) is 14.4 Å². The number of nitrogens with zero attached hydrogens (tertiary/aromatic N) is 3. The average molecular weight is 476 g/mol. The highest BCUT2D eigenvalue weighted by Crippen LogP contribution is 2.30. The molecule has 37 heavy (non-hydrogen) atoms. The lowest BCUT2D eigenvalue weighted by atomic mass is 10.0. The van der Waals surface area contributed by atoms with Crippen molar-refractivity contribution in [1.82, 2.24) is 14.4 Å². The molecule has 7 aromatic rings. The first-order valence-electron chi connectivity index (χ1n) is 12.2. The summed E-state index contributed by atoms with van der Waals surface area (Å²) in [6.45, 7) is 0. The van der Waals surface area contributed by atoms with Gasteiger partial charge in [-0.2, -0.15) is 0 Å². The van der Waals surface area contributed by atoms with Crippen LogP contribution in [0.15, 0.2) is 132 Å². The van der Waals surface area contributed by atoms with Gasteiger partial charge in [-0.3, -0.25) is 4.79 Å². The summed E-state index contributed by atoms with van der Waals surface area (Å²) in [6.07, 6.45) is 0. The Balaban J connectivity index is 1.59. The van der Waals surface area contributed by atoms with Gasteiger partial charge in [0, 0.05) is 10.9 Å². The second-order valence-electron chi connectivity index (χ2n) is 9.07. The Morgan fingerprint density at radius 2 is 0.946 bits per heavy atom. The second-order valence-corrected chi connectivity index (χ2v) is 9.07. The molecule has 2 heterocycles. The number of benzene rings is 5. The van der Waals surface area contributed by atoms with Gasteiger partial charge < -0.3 is 0 Å². The zero-order chi connectivity index (χ0) is 24.8. The molecule has 0 bridgehead atoms. The van der Waals surface area contributed by atoms with Crippen molar-refractivity contribution in [2.45, 2.75) is 0 Å². The van der Waals surface area contributed by atoms with Gasteiger partial charge in [-0.1, -0.05) is 103 Å². The topological polar surface area (TPSA) is 47.3 Å². The standard InChI is InChI=1S/C33H21N3O/c37-33-28-21-26(23-12-6-2-7-13-23)17-19-30(28)35-32-27-20-25(22-10-4-1-5-11-22)16-18-29(27)34-31(36(32)33)24-14-8-3-9-15-24/h1-21H. The van der Waals surface area contributed by atoms with Gasteiger partial charge in [-0.25, -0.2) is 14.4 Å². The summed E-state index contributed by atoms with van der Waals surface area (Å²) in [4.78, 5) is 24.2. The summed E-state index contributed by atoms with van der Waals surface area (Å²) in [7, 11) is 0. The average Bonchev–Trinajstić information content (AvgIpc) is 2.98. The van der Waals surface area contributed by atoms with Crippen LogP contribution in [0.4, 0.5) is 0 Å². The molecule has 0 saturated carbocycles. The van der Waals surface area contributed by atoms with E-state index in [-0.39, 0.29) is 5.56 Å². The third-order valence-electron chi connectivity index (χ3n) is 6.79. The van der Waals surface area contributed by atoms with Crippen molar-refractivity contribution in [2.75, 3.05) is 0 Å². The SMILES string of the molecule is O=c1c2cc(-c3ccccc3)ccc2nc2c3cc(-c4ccccc4)ccc3nc(-c3ccccc3)n12. The van der Waals surface area contributed by atoms with Crippen LogP contribution in [0, 0.1) is 0 Å². The molecule has 7 rings (SSSR count). The molecule has 4 heteroatoms. The highest BCUT2D eigenvalue weighted by molar-refractivity contribution is 5.98. The molecule has 0 fully saturated rings. The van der Waals surface area contributed by atoms with Crippen LogP contribution in [0.25, 0.3) is 61.1 Å². The molecule has 0 saturated heterocycles. The van der Waals surface area contributed by atoms with Crippen molar-refractivity contribution in [3.05, 3.63) is 138 Å². The Bertz CT molecular complexity index is 1980. The van der Waals surface area contributed by atoms with Crippen molar-refractivity contribution in [3.8, 4) is 33.6 Å². The van der Waals surface area contributed by atoms with E-state index >= 15 is 0 Å². The van der Waals surface area contributed by atoms with E-state index in [0.29, 0.717) is 22.4 Å². The Kier molecular flexibility index (Phi) is 4.90. The molecule has 0 spiro atoms. The van der Waals surface area contributed by atoms with E-state index in [1.807, 2.05) is 103 Å². The molecule has 0 N–H and O–H groups in total.